The Balaban J connectivity index is 2.08. The van der Waals surface area contributed by atoms with Crippen LogP contribution in [0.1, 0.15) is 47.3 Å². The summed E-state index contributed by atoms with van der Waals surface area (Å²) in [7, 11) is 0. The Morgan fingerprint density at radius 3 is 2.61 bits per heavy atom. The van der Waals surface area contributed by atoms with Crippen LogP contribution in [0, 0.1) is 12.8 Å². The lowest BCUT2D eigenvalue weighted by atomic mass is 9.89. The Morgan fingerprint density at radius 2 is 2.00 bits per heavy atom. The van der Waals surface area contributed by atoms with E-state index in [2.05, 4.69) is 5.32 Å². The van der Waals surface area contributed by atoms with Gasteiger partial charge in [-0.3, -0.25) is 4.79 Å². The number of carboxylic acids is 1. The van der Waals surface area contributed by atoms with Crippen LogP contribution < -0.4 is 5.32 Å². The standard InChI is InChI=1S/C13H17NO3S/c1-8-7-10(13(16)17)12(18-8)14-11(15)9-5-3-2-4-6-9/h7,9H,2-6H2,1H3,(H,14,15)(H,16,17). The second-order valence-electron chi connectivity index (χ2n) is 4.73. The first-order valence-electron chi connectivity index (χ1n) is 6.22. The molecule has 1 fully saturated rings. The van der Waals surface area contributed by atoms with Gasteiger partial charge in [0.05, 0.1) is 5.56 Å². The van der Waals surface area contributed by atoms with Crippen LogP contribution in [0.25, 0.3) is 0 Å². The molecular formula is C13H17NO3S. The average molecular weight is 267 g/mol. The van der Waals surface area contributed by atoms with E-state index in [1.165, 1.54) is 17.8 Å². The van der Waals surface area contributed by atoms with Gasteiger partial charge in [-0.1, -0.05) is 19.3 Å². The molecule has 0 unspecified atom stereocenters. The van der Waals surface area contributed by atoms with Crippen molar-refractivity contribution in [3.63, 3.8) is 0 Å². The first kappa shape index (κ1) is 13.1. The molecule has 0 radical (unpaired) electrons. The number of aryl methyl sites for hydroxylation is 1. The van der Waals surface area contributed by atoms with E-state index in [1.807, 2.05) is 6.92 Å². The van der Waals surface area contributed by atoms with Gasteiger partial charge in [-0.05, 0) is 25.8 Å². The average Bonchev–Trinajstić information content (AvgIpc) is 2.71. The third-order valence-corrected chi connectivity index (χ3v) is 4.26. The highest BCUT2D eigenvalue weighted by atomic mass is 32.1. The van der Waals surface area contributed by atoms with Gasteiger partial charge in [-0.2, -0.15) is 0 Å². The van der Waals surface area contributed by atoms with E-state index in [9.17, 15) is 9.59 Å². The molecule has 0 saturated heterocycles. The van der Waals surface area contributed by atoms with E-state index >= 15 is 0 Å². The predicted octanol–water partition coefficient (Wildman–Crippen LogP) is 3.27. The van der Waals surface area contributed by atoms with Gasteiger partial charge in [0.2, 0.25) is 5.91 Å². The number of hydrogen-bond acceptors (Lipinski definition) is 3. The van der Waals surface area contributed by atoms with Crippen LogP contribution in [-0.2, 0) is 4.79 Å². The number of nitrogens with one attached hydrogen (secondary N) is 1. The minimum atomic E-state index is -0.988. The topological polar surface area (TPSA) is 66.4 Å². The molecule has 0 aliphatic heterocycles. The van der Waals surface area contributed by atoms with E-state index in [0.717, 1.165) is 30.6 Å². The molecular weight excluding hydrogens is 250 g/mol. The summed E-state index contributed by atoms with van der Waals surface area (Å²) in [6.07, 6.45) is 5.21. The van der Waals surface area contributed by atoms with Gasteiger partial charge in [-0.15, -0.1) is 11.3 Å². The molecule has 0 aromatic carbocycles. The number of aromatic carboxylic acids is 1. The molecule has 4 nitrogen and oxygen atoms in total. The van der Waals surface area contributed by atoms with Gasteiger partial charge < -0.3 is 10.4 Å². The molecule has 1 saturated carbocycles. The van der Waals surface area contributed by atoms with Crippen LogP contribution in [0.2, 0.25) is 0 Å². The maximum atomic E-state index is 12.1. The van der Waals surface area contributed by atoms with Crippen LogP contribution in [0.4, 0.5) is 5.00 Å². The van der Waals surface area contributed by atoms with Crippen molar-refractivity contribution in [1.29, 1.82) is 0 Å². The van der Waals surface area contributed by atoms with Crippen molar-refractivity contribution in [3.05, 3.63) is 16.5 Å². The number of thiophene rings is 1. The summed E-state index contributed by atoms with van der Waals surface area (Å²) in [5.74, 6) is -0.972. The highest BCUT2D eigenvalue weighted by Crippen LogP contribution is 2.30. The molecule has 0 spiro atoms. The Hall–Kier alpha value is -1.36. The fraction of sp³-hybridized carbons (Fsp3) is 0.538. The summed E-state index contributed by atoms with van der Waals surface area (Å²) in [5.41, 5.74) is 0.196. The summed E-state index contributed by atoms with van der Waals surface area (Å²) < 4.78 is 0. The van der Waals surface area contributed by atoms with Gasteiger partial charge in [0.25, 0.3) is 0 Å². The number of hydrogen-bond donors (Lipinski definition) is 2. The van der Waals surface area contributed by atoms with E-state index in [0.29, 0.717) is 5.00 Å². The first-order valence-corrected chi connectivity index (χ1v) is 7.04. The third-order valence-electron chi connectivity index (χ3n) is 3.30. The highest BCUT2D eigenvalue weighted by molar-refractivity contribution is 7.16. The zero-order valence-electron chi connectivity index (χ0n) is 10.4. The summed E-state index contributed by atoms with van der Waals surface area (Å²) in [6, 6.07) is 1.60. The van der Waals surface area contributed by atoms with Crippen LogP contribution in [0.15, 0.2) is 6.07 Å². The van der Waals surface area contributed by atoms with E-state index in [4.69, 9.17) is 5.11 Å². The smallest absolute Gasteiger partial charge is 0.338 e. The van der Waals surface area contributed by atoms with Crippen LogP contribution >= 0.6 is 11.3 Å². The Morgan fingerprint density at radius 1 is 1.33 bits per heavy atom. The normalized spacial score (nSPS) is 16.5. The third kappa shape index (κ3) is 2.90. The largest absolute Gasteiger partial charge is 0.478 e. The van der Waals surface area contributed by atoms with Crippen LogP contribution in [0.3, 0.4) is 0 Å². The number of carboxylic acid groups (broad SMARTS) is 1. The molecule has 0 atom stereocenters. The lowest BCUT2D eigenvalue weighted by Gasteiger charge is -2.20. The van der Waals surface area contributed by atoms with Crippen molar-refractivity contribution in [2.45, 2.75) is 39.0 Å². The lowest BCUT2D eigenvalue weighted by molar-refractivity contribution is -0.120. The molecule has 2 rings (SSSR count). The number of anilines is 1. The second kappa shape index (κ2) is 5.52. The van der Waals surface area contributed by atoms with Gasteiger partial charge >= 0.3 is 5.97 Å². The summed E-state index contributed by atoms with van der Waals surface area (Å²) >= 11 is 1.32. The number of rotatable bonds is 3. The molecule has 0 bridgehead atoms. The predicted molar refractivity (Wildman–Crippen MR) is 71.2 cm³/mol. The fourth-order valence-corrected chi connectivity index (χ4v) is 3.25. The van der Waals surface area contributed by atoms with E-state index < -0.39 is 5.97 Å². The van der Waals surface area contributed by atoms with Crippen molar-refractivity contribution in [2.24, 2.45) is 5.92 Å². The maximum absolute atomic E-state index is 12.1. The molecule has 1 aliphatic rings. The zero-order valence-corrected chi connectivity index (χ0v) is 11.2. The SMILES string of the molecule is Cc1cc(C(=O)O)c(NC(=O)C2CCCCC2)s1. The molecule has 1 aliphatic carbocycles. The van der Waals surface area contributed by atoms with Crippen LogP contribution in [0.5, 0.6) is 0 Å². The molecule has 5 heteroatoms. The zero-order chi connectivity index (χ0) is 13.1. The Labute approximate surface area is 110 Å². The lowest BCUT2D eigenvalue weighted by Crippen LogP contribution is -2.25. The molecule has 98 valence electrons. The highest BCUT2D eigenvalue weighted by Gasteiger charge is 2.23. The van der Waals surface area contributed by atoms with Crippen molar-refractivity contribution in [2.75, 3.05) is 5.32 Å². The van der Waals surface area contributed by atoms with Gasteiger partial charge in [0, 0.05) is 10.8 Å². The quantitative estimate of drug-likeness (QED) is 0.883. The fourth-order valence-electron chi connectivity index (χ4n) is 2.34. The van der Waals surface area contributed by atoms with Crippen molar-refractivity contribution < 1.29 is 14.7 Å². The second-order valence-corrected chi connectivity index (χ2v) is 5.99. The van der Waals surface area contributed by atoms with Crippen LogP contribution in [-0.4, -0.2) is 17.0 Å². The Bertz CT molecular complexity index is 461. The van der Waals surface area contributed by atoms with E-state index in [-0.39, 0.29) is 17.4 Å². The first-order chi connectivity index (χ1) is 8.58. The molecule has 1 heterocycles. The monoisotopic (exact) mass is 267 g/mol. The molecule has 2 N–H and O–H groups in total. The maximum Gasteiger partial charge on any atom is 0.338 e. The number of amides is 1. The van der Waals surface area contributed by atoms with E-state index in [1.54, 1.807) is 6.07 Å². The Kier molecular flexibility index (Phi) is 4.01. The summed E-state index contributed by atoms with van der Waals surface area (Å²) in [4.78, 5) is 24.0. The van der Waals surface area contributed by atoms with Gasteiger partial charge in [-0.25, -0.2) is 4.79 Å². The number of carbonyl (C=O) groups is 2. The number of carbonyl (C=O) groups excluding carboxylic acids is 1. The van der Waals surface area contributed by atoms with Gasteiger partial charge in [0.15, 0.2) is 0 Å². The molecule has 18 heavy (non-hydrogen) atoms. The van der Waals surface area contributed by atoms with Crippen molar-refractivity contribution >= 4 is 28.2 Å². The van der Waals surface area contributed by atoms with Crippen molar-refractivity contribution in [1.82, 2.24) is 0 Å². The molecule has 1 aromatic rings. The van der Waals surface area contributed by atoms with Crippen molar-refractivity contribution in [3.8, 4) is 0 Å². The molecule has 1 amide bonds. The minimum Gasteiger partial charge on any atom is -0.478 e. The summed E-state index contributed by atoms with van der Waals surface area (Å²) in [6.45, 7) is 1.84. The molecule has 1 aromatic heterocycles. The minimum absolute atomic E-state index is 0.0287. The summed E-state index contributed by atoms with van der Waals surface area (Å²) in [5, 5.41) is 12.3. The van der Waals surface area contributed by atoms with Gasteiger partial charge in [0.1, 0.15) is 5.00 Å².